The number of aromatic carboxylic acids is 1. The molecular formula is C17H15N3O4S. The minimum atomic E-state index is -3.80. The highest BCUT2D eigenvalue weighted by atomic mass is 32.2. The monoisotopic (exact) mass is 357 g/mol. The van der Waals surface area contributed by atoms with Gasteiger partial charge in [-0.25, -0.2) is 13.2 Å². The number of aromatic nitrogens is 2. The van der Waals surface area contributed by atoms with Gasteiger partial charge in [-0.2, -0.15) is 5.10 Å². The number of rotatable bonds is 6. The lowest BCUT2D eigenvalue weighted by Gasteiger charge is -2.06. The summed E-state index contributed by atoms with van der Waals surface area (Å²) in [5.41, 5.74) is 1.37. The zero-order valence-corrected chi connectivity index (χ0v) is 13.8. The average Bonchev–Trinajstić information content (AvgIpc) is 3.05. The molecule has 128 valence electrons. The maximum absolute atomic E-state index is 12.4. The van der Waals surface area contributed by atoms with Gasteiger partial charge in [0.25, 0.3) is 10.0 Å². The Bertz CT molecular complexity index is 980. The van der Waals surface area contributed by atoms with Crippen LogP contribution in [0.1, 0.15) is 15.9 Å². The van der Waals surface area contributed by atoms with Gasteiger partial charge in [-0.05, 0) is 29.8 Å². The molecule has 0 spiro atoms. The Kier molecular flexibility index (Phi) is 4.53. The second kappa shape index (κ2) is 6.78. The molecule has 1 heterocycles. The second-order valence-electron chi connectivity index (χ2n) is 5.35. The highest BCUT2D eigenvalue weighted by Crippen LogP contribution is 2.16. The van der Waals surface area contributed by atoms with E-state index in [0.717, 1.165) is 5.56 Å². The van der Waals surface area contributed by atoms with Gasteiger partial charge in [-0.3, -0.25) is 9.40 Å². The van der Waals surface area contributed by atoms with Gasteiger partial charge < -0.3 is 5.11 Å². The summed E-state index contributed by atoms with van der Waals surface area (Å²) in [6.07, 6.45) is 2.72. The number of benzene rings is 2. The normalized spacial score (nSPS) is 11.2. The number of anilines is 1. The van der Waals surface area contributed by atoms with Crippen LogP contribution in [0, 0.1) is 0 Å². The maximum Gasteiger partial charge on any atom is 0.335 e. The van der Waals surface area contributed by atoms with Crippen molar-refractivity contribution in [1.82, 2.24) is 9.78 Å². The van der Waals surface area contributed by atoms with Crippen LogP contribution in [-0.2, 0) is 16.6 Å². The zero-order valence-electron chi connectivity index (χ0n) is 13.0. The molecule has 2 N–H and O–H groups in total. The summed E-state index contributed by atoms with van der Waals surface area (Å²) in [6, 6.07) is 15.0. The van der Waals surface area contributed by atoms with Crippen molar-refractivity contribution in [2.24, 2.45) is 0 Å². The standard InChI is InChI=1S/C17H15N3O4S/c21-17(22)14-6-8-15(9-7-14)19-25(23,24)16-10-18-20(12-16)11-13-4-2-1-3-5-13/h1-10,12,19H,11H2,(H,21,22). The first kappa shape index (κ1) is 16.7. The molecular weight excluding hydrogens is 342 g/mol. The lowest BCUT2D eigenvalue weighted by molar-refractivity contribution is 0.0697. The average molecular weight is 357 g/mol. The zero-order chi connectivity index (χ0) is 17.9. The molecule has 3 rings (SSSR count). The van der Waals surface area contributed by atoms with Crippen molar-refractivity contribution in [2.45, 2.75) is 11.4 Å². The number of nitrogens with one attached hydrogen (secondary N) is 1. The van der Waals surface area contributed by atoms with E-state index in [1.807, 2.05) is 30.3 Å². The molecule has 0 aliphatic heterocycles. The first-order valence-corrected chi connectivity index (χ1v) is 8.85. The topological polar surface area (TPSA) is 101 Å². The molecule has 0 saturated heterocycles. The smallest absolute Gasteiger partial charge is 0.335 e. The van der Waals surface area contributed by atoms with Crippen molar-refractivity contribution in [3.8, 4) is 0 Å². The molecule has 0 bridgehead atoms. The van der Waals surface area contributed by atoms with Gasteiger partial charge in [-0.15, -0.1) is 0 Å². The van der Waals surface area contributed by atoms with Crippen molar-refractivity contribution < 1.29 is 18.3 Å². The van der Waals surface area contributed by atoms with Gasteiger partial charge in [0.15, 0.2) is 0 Å². The third kappa shape index (κ3) is 4.04. The van der Waals surface area contributed by atoms with E-state index in [1.54, 1.807) is 0 Å². The summed E-state index contributed by atoms with van der Waals surface area (Å²) in [5, 5.41) is 12.9. The van der Waals surface area contributed by atoms with Gasteiger partial charge in [0.05, 0.1) is 18.3 Å². The van der Waals surface area contributed by atoms with Crippen molar-refractivity contribution in [1.29, 1.82) is 0 Å². The highest BCUT2D eigenvalue weighted by molar-refractivity contribution is 7.92. The summed E-state index contributed by atoms with van der Waals surface area (Å²) in [7, 11) is -3.80. The minimum Gasteiger partial charge on any atom is -0.478 e. The van der Waals surface area contributed by atoms with E-state index in [1.165, 1.54) is 41.3 Å². The first-order valence-electron chi connectivity index (χ1n) is 7.36. The third-order valence-corrected chi connectivity index (χ3v) is 4.83. The fourth-order valence-corrected chi connectivity index (χ4v) is 3.25. The Labute approximate surface area is 144 Å². The summed E-state index contributed by atoms with van der Waals surface area (Å²) in [4.78, 5) is 10.9. The van der Waals surface area contributed by atoms with Crippen molar-refractivity contribution >= 4 is 21.7 Å². The number of hydrogen-bond donors (Lipinski definition) is 2. The fraction of sp³-hybridized carbons (Fsp3) is 0.0588. The molecule has 0 unspecified atom stereocenters. The van der Waals surface area contributed by atoms with Crippen LogP contribution in [0.25, 0.3) is 0 Å². The first-order chi connectivity index (χ1) is 11.9. The van der Waals surface area contributed by atoms with Crippen molar-refractivity contribution in [3.63, 3.8) is 0 Å². The third-order valence-electron chi connectivity index (χ3n) is 3.49. The van der Waals surface area contributed by atoms with Crippen LogP contribution in [0.3, 0.4) is 0 Å². The number of nitrogens with zero attached hydrogens (tertiary/aromatic N) is 2. The maximum atomic E-state index is 12.4. The molecule has 0 radical (unpaired) electrons. The molecule has 2 aromatic carbocycles. The molecule has 8 heteroatoms. The summed E-state index contributed by atoms with van der Waals surface area (Å²) in [6.45, 7) is 0.462. The summed E-state index contributed by atoms with van der Waals surface area (Å²) < 4.78 is 28.8. The SMILES string of the molecule is O=C(O)c1ccc(NS(=O)(=O)c2cnn(Cc3ccccc3)c2)cc1. The van der Waals surface area contributed by atoms with Gasteiger partial charge in [0, 0.05) is 11.9 Å². The predicted molar refractivity (Wildman–Crippen MR) is 92.0 cm³/mol. The molecule has 0 saturated carbocycles. The molecule has 0 aliphatic rings. The Morgan fingerprint density at radius 3 is 2.40 bits per heavy atom. The van der Waals surface area contributed by atoms with Crippen LogP contribution in [-0.4, -0.2) is 29.3 Å². The Hall–Kier alpha value is -3.13. The minimum absolute atomic E-state index is 0.0331. The summed E-state index contributed by atoms with van der Waals surface area (Å²) >= 11 is 0. The summed E-state index contributed by atoms with van der Waals surface area (Å²) in [5.74, 6) is -1.07. The van der Waals surface area contributed by atoms with Crippen LogP contribution in [0.5, 0.6) is 0 Å². The van der Waals surface area contributed by atoms with Gasteiger partial charge in [0.2, 0.25) is 0 Å². The number of sulfonamides is 1. The Morgan fingerprint density at radius 1 is 1.08 bits per heavy atom. The second-order valence-corrected chi connectivity index (χ2v) is 7.03. The molecule has 0 atom stereocenters. The molecule has 0 fully saturated rings. The number of carbonyl (C=O) groups is 1. The Balaban J connectivity index is 1.75. The lowest BCUT2D eigenvalue weighted by Crippen LogP contribution is -2.12. The van der Waals surface area contributed by atoms with E-state index in [2.05, 4.69) is 9.82 Å². The van der Waals surface area contributed by atoms with E-state index in [0.29, 0.717) is 6.54 Å². The van der Waals surface area contributed by atoms with E-state index >= 15 is 0 Å². The largest absolute Gasteiger partial charge is 0.478 e. The molecule has 7 nitrogen and oxygen atoms in total. The van der Waals surface area contributed by atoms with Crippen LogP contribution in [0.2, 0.25) is 0 Å². The molecule has 3 aromatic rings. The fourth-order valence-electron chi connectivity index (χ4n) is 2.24. The Morgan fingerprint density at radius 2 is 1.76 bits per heavy atom. The van der Waals surface area contributed by atoms with Gasteiger partial charge >= 0.3 is 5.97 Å². The molecule has 1 aromatic heterocycles. The number of carboxylic acid groups (broad SMARTS) is 1. The molecule has 25 heavy (non-hydrogen) atoms. The van der Waals surface area contributed by atoms with Crippen LogP contribution in [0.15, 0.2) is 71.9 Å². The van der Waals surface area contributed by atoms with E-state index in [9.17, 15) is 13.2 Å². The van der Waals surface area contributed by atoms with Crippen molar-refractivity contribution in [2.75, 3.05) is 4.72 Å². The van der Waals surface area contributed by atoms with Crippen LogP contribution < -0.4 is 4.72 Å². The van der Waals surface area contributed by atoms with E-state index in [-0.39, 0.29) is 16.1 Å². The van der Waals surface area contributed by atoms with Crippen molar-refractivity contribution in [3.05, 3.63) is 78.1 Å². The molecule has 0 amide bonds. The van der Waals surface area contributed by atoms with E-state index < -0.39 is 16.0 Å². The van der Waals surface area contributed by atoms with Gasteiger partial charge in [-0.1, -0.05) is 30.3 Å². The van der Waals surface area contributed by atoms with Crippen LogP contribution in [0.4, 0.5) is 5.69 Å². The van der Waals surface area contributed by atoms with Crippen LogP contribution >= 0.6 is 0 Å². The molecule has 0 aliphatic carbocycles. The predicted octanol–water partition coefficient (Wildman–Crippen LogP) is 2.43. The highest BCUT2D eigenvalue weighted by Gasteiger charge is 2.17. The van der Waals surface area contributed by atoms with Gasteiger partial charge in [0.1, 0.15) is 4.90 Å². The number of hydrogen-bond acceptors (Lipinski definition) is 4. The lowest BCUT2D eigenvalue weighted by atomic mass is 10.2. The van der Waals surface area contributed by atoms with E-state index in [4.69, 9.17) is 5.11 Å². The quantitative estimate of drug-likeness (QED) is 0.705. The number of carboxylic acids is 1.